The van der Waals surface area contributed by atoms with Gasteiger partial charge in [0.05, 0.1) is 16.7 Å². The van der Waals surface area contributed by atoms with Crippen LogP contribution in [0.15, 0.2) is 28.8 Å². The van der Waals surface area contributed by atoms with Crippen LogP contribution < -0.4 is 0 Å². The van der Waals surface area contributed by atoms with Gasteiger partial charge in [0.2, 0.25) is 5.91 Å². The highest BCUT2D eigenvalue weighted by atomic mass is 16.5. The van der Waals surface area contributed by atoms with E-state index in [2.05, 4.69) is 22.8 Å². The first-order chi connectivity index (χ1) is 13.0. The molecule has 1 aliphatic heterocycles. The summed E-state index contributed by atoms with van der Waals surface area (Å²) in [6, 6.07) is 8.21. The van der Waals surface area contributed by atoms with E-state index in [0.717, 1.165) is 59.8 Å². The van der Waals surface area contributed by atoms with Gasteiger partial charge in [0.1, 0.15) is 11.6 Å². The van der Waals surface area contributed by atoms with Crippen molar-refractivity contribution >= 4 is 16.9 Å². The van der Waals surface area contributed by atoms with Crippen molar-refractivity contribution in [3.05, 3.63) is 47.1 Å². The van der Waals surface area contributed by atoms with Crippen molar-refractivity contribution in [1.29, 1.82) is 0 Å². The predicted octanol–water partition coefficient (Wildman–Crippen LogP) is 3.52. The van der Waals surface area contributed by atoms with Gasteiger partial charge in [-0.2, -0.15) is 0 Å². The Morgan fingerprint density at radius 2 is 2.11 bits per heavy atom. The lowest BCUT2D eigenvalue weighted by atomic mass is 9.96. The smallest absolute Gasteiger partial charge is 0.222 e. The summed E-state index contributed by atoms with van der Waals surface area (Å²) in [5.41, 5.74) is 4.12. The molecule has 0 N–H and O–H groups in total. The fourth-order valence-corrected chi connectivity index (χ4v) is 4.19. The van der Waals surface area contributed by atoms with Crippen LogP contribution in [-0.2, 0) is 18.3 Å². The maximum Gasteiger partial charge on any atom is 0.222 e. The van der Waals surface area contributed by atoms with Crippen LogP contribution in [0.2, 0.25) is 0 Å². The number of aryl methyl sites for hydroxylation is 3. The summed E-state index contributed by atoms with van der Waals surface area (Å²) in [4.78, 5) is 19.6. The average Bonchev–Trinajstić information content (AvgIpc) is 3.19. The second-order valence-corrected chi connectivity index (χ2v) is 7.50. The SMILES string of the molecule is Cc1noc(C)c1CCC(=O)N1CCCC(c2nc3ccccc3n2C)C1. The molecule has 3 aromatic rings. The molecule has 1 saturated heterocycles. The van der Waals surface area contributed by atoms with E-state index in [0.29, 0.717) is 18.8 Å². The summed E-state index contributed by atoms with van der Waals surface area (Å²) in [6.07, 6.45) is 3.28. The van der Waals surface area contributed by atoms with Gasteiger partial charge >= 0.3 is 0 Å². The fraction of sp³-hybridized carbons (Fsp3) is 0.476. The molecule has 27 heavy (non-hydrogen) atoms. The van der Waals surface area contributed by atoms with Crippen molar-refractivity contribution in [3.8, 4) is 0 Å². The number of para-hydroxylation sites is 2. The number of carbonyl (C=O) groups excluding carboxylic acids is 1. The first-order valence-electron chi connectivity index (χ1n) is 9.65. The molecule has 1 fully saturated rings. The van der Waals surface area contributed by atoms with Gasteiger partial charge in [-0.1, -0.05) is 17.3 Å². The highest BCUT2D eigenvalue weighted by Crippen LogP contribution is 2.29. The molecule has 142 valence electrons. The van der Waals surface area contributed by atoms with Crippen molar-refractivity contribution in [2.75, 3.05) is 13.1 Å². The van der Waals surface area contributed by atoms with Gasteiger partial charge in [0.15, 0.2) is 0 Å². The van der Waals surface area contributed by atoms with E-state index in [1.807, 2.05) is 36.9 Å². The number of imidazole rings is 1. The first kappa shape index (κ1) is 17.8. The Hall–Kier alpha value is -2.63. The van der Waals surface area contributed by atoms with Gasteiger partial charge in [0.25, 0.3) is 0 Å². The molecule has 0 spiro atoms. The third-order valence-corrected chi connectivity index (χ3v) is 5.73. The standard InChI is InChI=1S/C21H26N4O2/c1-14-17(15(2)27-23-14)10-11-20(26)25-12-6-7-16(13-25)21-22-18-8-4-5-9-19(18)24(21)3/h4-5,8-9,16H,6-7,10-13H2,1-3H3. The van der Waals surface area contributed by atoms with Crippen LogP contribution in [0.1, 0.15) is 48.0 Å². The molecule has 1 unspecified atom stereocenters. The summed E-state index contributed by atoms with van der Waals surface area (Å²) in [7, 11) is 2.07. The van der Waals surface area contributed by atoms with Crippen LogP contribution in [-0.4, -0.2) is 38.6 Å². The maximum atomic E-state index is 12.8. The third kappa shape index (κ3) is 3.36. The molecule has 1 atom stereocenters. The van der Waals surface area contributed by atoms with Gasteiger partial charge < -0.3 is 14.0 Å². The Balaban J connectivity index is 1.46. The fourth-order valence-electron chi connectivity index (χ4n) is 4.19. The van der Waals surface area contributed by atoms with Gasteiger partial charge in [-0.25, -0.2) is 4.98 Å². The molecule has 0 bridgehead atoms. The molecule has 0 radical (unpaired) electrons. The average molecular weight is 366 g/mol. The van der Waals surface area contributed by atoms with Gasteiger partial charge in [-0.3, -0.25) is 4.79 Å². The summed E-state index contributed by atoms with van der Waals surface area (Å²) in [5.74, 6) is 2.40. The Labute approximate surface area is 159 Å². The number of benzene rings is 1. The van der Waals surface area contributed by atoms with E-state index in [4.69, 9.17) is 9.51 Å². The number of likely N-dealkylation sites (tertiary alicyclic amines) is 1. The van der Waals surface area contributed by atoms with Gasteiger partial charge in [-0.05, 0) is 45.2 Å². The molecule has 1 amide bonds. The normalized spacial score (nSPS) is 17.6. The Morgan fingerprint density at radius 1 is 1.30 bits per heavy atom. The molecule has 0 aliphatic carbocycles. The highest BCUT2D eigenvalue weighted by Gasteiger charge is 2.28. The number of fused-ring (bicyclic) bond motifs is 1. The van der Waals surface area contributed by atoms with Crippen LogP contribution >= 0.6 is 0 Å². The Morgan fingerprint density at radius 3 is 2.85 bits per heavy atom. The minimum absolute atomic E-state index is 0.207. The largest absolute Gasteiger partial charge is 0.361 e. The molecular formula is C21H26N4O2. The molecule has 4 rings (SSSR count). The minimum Gasteiger partial charge on any atom is -0.361 e. The first-order valence-corrected chi connectivity index (χ1v) is 9.65. The quantitative estimate of drug-likeness (QED) is 0.709. The summed E-state index contributed by atoms with van der Waals surface area (Å²) in [6.45, 7) is 5.42. The number of amides is 1. The van der Waals surface area contributed by atoms with E-state index < -0.39 is 0 Å². The number of carbonyl (C=O) groups is 1. The lowest BCUT2D eigenvalue weighted by molar-refractivity contribution is -0.132. The Kier molecular flexibility index (Phi) is 4.72. The number of rotatable bonds is 4. The van der Waals surface area contributed by atoms with Gasteiger partial charge in [0, 0.05) is 38.0 Å². The number of piperidine rings is 1. The molecule has 3 heterocycles. The van der Waals surface area contributed by atoms with E-state index in [9.17, 15) is 4.79 Å². The van der Waals surface area contributed by atoms with E-state index in [1.165, 1.54) is 0 Å². The van der Waals surface area contributed by atoms with Crippen molar-refractivity contribution < 1.29 is 9.32 Å². The van der Waals surface area contributed by atoms with Crippen LogP contribution in [0, 0.1) is 13.8 Å². The van der Waals surface area contributed by atoms with E-state index >= 15 is 0 Å². The van der Waals surface area contributed by atoms with Crippen LogP contribution in [0.3, 0.4) is 0 Å². The van der Waals surface area contributed by atoms with Crippen LogP contribution in [0.25, 0.3) is 11.0 Å². The van der Waals surface area contributed by atoms with Gasteiger partial charge in [-0.15, -0.1) is 0 Å². The van der Waals surface area contributed by atoms with Crippen LogP contribution in [0.4, 0.5) is 0 Å². The molecule has 6 heteroatoms. The summed E-state index contributed by atoms with van der Waals surface area (Å²) >= 11 is 0. The predicted molar refractivity (Wildman–Crippen MR) is 104 cm³/mol. The molecule has 1 aromatic carbocycles. The minimum atomic E-state index is 0.207. The monoisotopic (exact) mass is 366 g/mol. The Bertz CT molecular complexity index is 952. The second kappa shape index (κ2) is 7.18. The van der Waals surface area contributed by atoms with Crippen molar-refractivity contribution in [3.63, 3.8) is 0 Å². The molecule has 0 saturated carbocycles. The summed E-state index contributed by atoms with van der Waals surface area (Å²) < 4.78 is 7.38. The molecule has 1 aliphatic rings. The number of hydrogen-bond acceptors (Lipinski definition) is 4. The van der Waals surface area contributed by atoms with Crippen molar-refractivity contribution in [2.24, 2.45) is 7.05 Å². The van der Waals surface area contributed by atoms with Crippen molar-refractivity contribution in [2.45, 2.75) is 45.4 Å². The zero-order valence-corrected chi connectivity index (χ0v) is 16.2. The van der Waals surface area contributed by atoms with Crippen LogP contribution in [0.5, 0.6) is 0 Å². The highest BCUT2D eigenvalue weighted by molar-refractivity contribution is 5.77. The van der Waals surface area contributed by atoms with E-state index in [-0.39, 0.29) is 5.91 Å². The lowest BCUT2D eigenvalue weighted by Gasteiger charge is -2.32. The van der Waals surface area contributed by atoms with E-state index in [1.54, 1.807) is 0 Å². The molecular weight excluding hydrogens is 340 g/mol. The molecule has 6 nitrogen and oxygen atoms in total. The number of hydrogen-bond donors (Lipinski definition) is 0. The number of aromatic nitrogens is 3. The lowest BCUT2D eigenvalue weighted by Crippen LogP contribution is -2.39. The maximum absolute atomic E-state index is 12.8. The number of nitrogens with zero attached hydrogens (tertiary/aromatic N) is 4. The second-order valence-electron chi connectivity index (χ2n) is 7.50. The van der Waals surface area contributed by atoms with Crippen molar-refractivity contribution in [1.82, 2.24) is 19.6 Å². The third-order valence-electron chi connectivity index (χ3n) is 5.73. The zero-order chi connectivity index (χ0) is 19.0. The topological polar surface area (TPSA) is 64.2 Å². The zero-order valence-electron chi connectivity index (χ0n) is 16.2. The summed E-state index contributed by atoms with van der Waals surface area (Å²) in [5, 5.41) is 3.98. The molecule has 2 aromatic heterocycles.